The molecule has 2 aromatic carbocycles. The minimum Gasteiger partial charge on any atom is -0.477 e. The molecule has 168 valence electrons. The Morgan fingerprint density at radius 1 is 1.16 bits per heavy atom. The number of carbonyl (C=O) groups is 1. The third kappa shape index (κ3) is 3.92. The maximum atomic E-state index is 15.6. The van der Waals surface area contributed by atoms with Crippen molar-refractivity contribution in [2.24, 2.45) is 0 Å². The quantitative estimate of drug-likeness (QED) is 0.364. The lowest BCUT2D eigenvalue weighted by molar-refractivity contribution is 0.0694. The third-order valence-corrected chi connectivity index (χ3v) is 6.12. The number of carboxylic acids is 1. The number of hydrogen-bond donors (Lipinski definition) is 3. The van der Waals surface area contributed by atoms with Gasteiger partial charge in [-0.05, 0) is 31.2 Å². The van der Waals surface area contributed by atoms with Crippen molar-refractivity contribution in [3.05, 3.63) is 69.5 Å². The van der Waals surface area contributed by atoms with Gasteiger partial charge in [0, 0.05) is 18.8 Å². The van der Waals surface area contributed by atoms with Crippen LogP contribution in [0.1, 0.15) is 54.1 Å². The van der Waals surface area contributed by atoms with Crippen molar-refractivity contribution in [1.29, 1.82) is 0 Å². The van der Waals surface area contributed by atoms with E-state index in [0.717, 1.165) is 24.8 Å². The number of hydrogen-bond acceptors (Lipinski definition) is 4. The fraction of sp³-hybridized carbons (Fsp3) is 0.333. The molecule has 4 rings (SSSR count). The topological polar surface area (TPSA) is 97.3 Å². The summed E-state index contributed by atoms with van der Waals surface area (Å²) < 4.78 is 32.1. The van der Waals surface area contributed by atoms with Crippen molar-refractivity contribution in [2.45, 2.75) is 44.6 Å². The van der Waals surface area contributed by atoms with E-state index in [9.17, 15) is 14.7 Å². The molecule has 1 saturated carbocycles. The molecule has 0 atom stereocenters. The maximum absolute atomic E-state index is 15.6. The number of rotatable bonds is 7. The molecular formula is C24H25F2N3O3. The van der Waals surface area contributed by atoms with Gasteiger partial charge in [-0.2, -0.15) is 0 Å². The zero-order chi connectivity index (χ0) is 22.8. The summed E-state index contributed by atoms with van der Waals surface area (Å²) in [6.45, 7) is 0.300. The number of nitrogens with two attached hydrogens (primary N) is 1. The summed E-state index contributed by atoms with van der Waals surface area (Å²) in [6.07, 6.45) is 5.78. The highest BCUT2D eigenvalue weighted by Gasteiger charge is 2.28. The fourth-order valence-electron chi connectivity index (χ4n) is 4.49. The number of halogens is 2. The number of benzene rings is 2. The average molecular weight is 441 g/mol. The lowest BCUT2D eigenvalue weighted by Gasteiger charge is -2.22. The molecule has 1 aliphatic rings. The highest BCUT2D eigenvalue weighted by molar-refractivity contribution is 5.99. The van der Waals surface area contributed by atoms with Gasteiger partial charge < -0.3 is 20.7 Å². The molecule has 3 aromatic rings. The molecule has 1 heterocycles. The molecule has 0 unspecified atom stereocenters. The zero-order valence-corrected chi connectivity index (χ0v) is 17.5. The van der Waals surface area contributed by atoms with Crippen LogP contribution in [0.15, 0.2) is 41.3 Å². The Morgan fingerprint density at radius 3 is 2.50 bits per heavy atom. The van der Waals surface area contributed by atoms with Gasteiger partial charge in [0.15, 0.2) is 11.6 Å². The minimum absolute atomic E-state index is 0.142. The van der Waals surface area contributed by atoms with Gasteiger partial charge in [0.05, 0.1) is 16.6 Å². The van der Waals surface area contributed by atoms with Crippen LogP contribution in [0.2, 0.25) is 0 Å². The predicted octanol–water partition coefficient (Wildman–Crippen LogP) is 4.72. The minimum atomic E-state index is -1.45. The summed E-state index contributed by atoms with van der Waals surface area (Å²) in [5.41, 5.74) is 4.46. The lowest BCUT2D eigenvalue weighted by atomic mass is 10.0. The molecule has 32 heavy (non-hydrogen) atoms. The number of nitrogen functional groups attached to an aromatic ring is 1. The molecule has 6 nitrogen and oxygen atoms in total. The molecule has 0 radical (unpaired) electrons. The smallest absolute Gasteiger partial charge is 0.341 e. The number of pyridine rings is 1. The van der Waals surface area contributed by atoms with Crippen LogP contribution in [-0.4, -0.2) is 22.2 Å². The average Bonchev–Trinajstić information content (AvgIpc) is 3.32. The first-order valence-corrected chi connectivity index (χ1v) is 10.8. The second-order valence-corrected chi connectivity index (χ2v) is 8.18. The van der Waals surface area contributed by atoms with Gasteiger partial charge in [0.25, 0.3) is 0 Å². The van der Waals surface area contributed by atoms with Crippen molar-refractivity contribution in [3.8, 4) is 0 Å². The highest BCUT2D eigenvalue weighted by atomic mass is 19.1. The van der Waals surface area contributed by atoms with Gasteiger partial charge in [-0.1, -0.05) is 43.2 Å². The van der Waals surface area contributed by atoms with E-state index < -0.39 is 45.4 Å². The number of aromatic carboxylic acids is 1. The molecule has 0 aliphatic heterocycles. The summed E-state index contributed by atoms with van der Waals surface area (Å²) >= 11 is 0. The van der Waals surface area contributed by atoms with Crippen molar-refractivity contribution >= 4 is 28.2 Å². The van der Waals surface area contributed by atoms with E-state index in [-0.39, 0.29) is 11.6 Å². The first kappa shape index (κ1) is 21.8. The Morgan fingerprint density at radius 2 is 1.84 bits per heavy atom. The molecule has 0 saturated heterocycles. The first-order chi connectivity index (χ1) is 15.4. The van der Waals surface area contributed by atoms with Gasteiger partial charge in [0.2, 0.25) is 5.43 Å². The second-order valence-electron chi connectivity index (χ2n) is 8.18. The lowest BCUT2D eigenvalue weighted by Crippen LogP contribution is -2.23. The monoisotopic (exact) mass is 441 g/mol. The SMILES string of the molecule is Nc1c(F)c(NCCCc2ccccc2)c(F)c2c1c(=O)c(C(=O)O)cn2C1CCCC1. The Balaban J connectivity index is 1.76. The standard InChI is InChI=1S/C24H25F2N3O3/c25-18-20(27)17-22(19(26)21(18)28-12-6-9-14-7-2-1-3-8-14)29(15-10-4-5-11-15)13-16(23(17)30)24(31)32/h1-3,7-8,13,15,28H,4-6,9-12,27H2,(H,31,32). The molecule has 0 spiro atoms. The number of nitrogens with zero attached hydrogens (tertiary/aromatic N) is 1. The van der Waals surface area contributed by atoms with E-state index >= 15 is 8.78 Å². The van der Waals surface area contributed by atoms with Crippen LogP contribution < -0.4 is 16.5 Å². The number of aryl methyl sites for hydroxylation is 1. The van der Waals surface area contributed by atoms with Crippen LogP contribution in [-0.2, 0) is 6.42 Å². The molecule has 0 amide bonds. The molecule has 1 aromatic heterocycles. The van der Waals surface area contributed by atoms with Crippen molar-refractivity contribution in [1.82, 2.24) is 4.57 Å². The van der Waals surface area contributed by atoms with Crippen LogP contribution in [0.25, 0.3) is 10.9 Å². The van der Waals surface area contributed by atoms with Crippen LogP contribution in [0.5, 0.6) is 0 Å². The van der Waals surface area contributed by atoms with Gasteiger partial charge >= 0.3 is 5.97 Å². The Bertz CT molecular complexity index is 1220. The molecule has 0 bridgehead atoms. The molecule has 8 heteroatoms. The first-order valence-electron chi connectivity index (χ1n) is 10.8. The van der Waals surface area contributed by atoms with Gasteiger partial charge in [-0.3, -0.25) is 4.79 Å². The largest absolute Gasteiger partial charge is 0.477 e. The highest BCUT2D eigenvalue weighted by Crippen LogP contribution is 2.37. The normalized spacial score (nSPS) is 14.2. The van der Waals surface area contributed by atoms with Crippen LogP contribution in [0.3, 0.4) is 0 Å². The summed E-state index contributed by atoms with van der Waals surface area (Å²) in [6, 6.07) is 9.57. The van der Waals surface area contributed by atoms with E-state index in [2.05, 4.69) is 5.32 Å². The number of fused-ring (bicyclic) bond motifs is 1. The molecule has 4 N–H and O–H groups in total. The second kappa shape index (κ2) is 8.98. The van der Waals surface area contributed by atoms with E-state index in [0.29, 0.717) is 25.8 Å². The summed E-state index contributed by atoms with van der Waals surface area (Å²) in [5, 5.41) is 11.8. The summed E-state index contributed by atoms with van der Waals surface area (Å²) in [4.78, 5) is 24.4. The molecule has 1 aliphatic carbocycles. The number of nitrogens with one attached hydrogen (secondary N) is 1. The van der Waals surface area contributed by atoms with Gasteiger partial charge in [0.1, 0.15) is 11.3 Å². The number of anilines is 2. The number of carboxylic acid groups (broad SMARTS) is 1. The van der Waals surface area contributed by atoms with E-state index in [1.165, 1.54) is 10.8 Å². The molecule has 1 fully saturated rings. The zero-order valence-electron chi connectivity index (χ0n) is 17.5. The van der Waals surface area contributed by atoms with Crippen molar-refractivity contribution < 1.29 is 18.7 Å². The number of aromatic nitrogens is 1. The van der Waals surface area contributed by atoms with Crippen LogP contribution >= 0.6 is 0 Å². The van der Waals surface area contributed by atoms with E-state index in [1.54, 1.807) is 0 Å². The van der Waals surface area contributed by atoms with E-state index in [1.807, 2.05) is 30.3 Å². The van der Waals surface area contributed by atoms with E-state index in [4.69, 9.17) is 5.73 Å². The van der Waals surface area contributed by atoms with Crippen LogP contribution in [0.4, 0.5) is 20.2 Å². The van der Waals surface area contributed by atoms with Crippen molar-refractivity contribution in [3.63, 3.8) is 0 Å². The van der Waals surface area contributed by atoms with Crippen molar-refractivity contribution in [2.75, 3.05) is 17.6 Å². The Kier molecular flexibility index (Phi) is 6.12. The Labute approximate surface area is 183 Å². The maximum Gasteiger partial charge on any atom is 0.341 e. The predicted molar refractivity (Wildman–Crippen MR) is 120 cm³/mol. The molecular weight excluding hydrogens is 416 g/mol. The third-order valence-electron chi connectivity index (χ3n) is 6.12. The fourth-order valence-corrected chi connectivity index (χ4v) is 4.49. The van der Waals surface area contributed by atoms with Gasteiger partial charge in [-0.15, -0.1) is 0 Å². The van der Waals surface area contributed by atoms with Crippen LogP contribution in [0, 0.1) is 11.6 Å². The Hall–Kier alpha value is -3.42. The summed E-state index contributed by atoms with van der Waals surface area (Å²) in [7, 11) is 0. The van der Waals surface area contributed by atoms with Gasteiger partial charge in [-0.25, -0.2) is 13.6 Å². The summed E-state index contributed by atoms with van der Waals surface area (Å²) in [5.74, 6) is -3.45.